The fraction of sp³-hybridized carbons (Fsp3) is 0.333. The molecule has 0 atom stereocenters. The summed E-state index contributed by atoms with van der Waals surface area (Å²) in [5.74, 6) is 1.40. The van der Waals surface area contributed by atoms with Gasteiger partial charge in [0.2, 0.25) is 0 Å². The molecular formula is C9H10ClN3. The van der Waals surface area contributed by atoms with Crippen LogP contribution in [-0.4, -0.2) is 14.4 Å². The average molecular weight is 196 g/mol. The fourth-order valence-electron chi connectivity index (χ4n) is 1.34. The number of rotatable bonds is 1. The van der Waals surface area contributed by atoms with Crippen LogP contribution >= 0.6 is 11.6 Å². The van der Waals surface area contributed by atoms with E-state index < -0.39 is 0 Å². The normalized spacial score (nSPS) is 11.4. The van der Waals surface area contributed by atoms with Crippen LogP contribution in [0.5, 0.6) is 0 Å². The van der Waals surface area contributed by atoms with Crippen LogP contribution in [-0.2, 0) is 0 Å². The van der Waals surface area contributed by atoms with E-state index in [2.05, 4.69) is 23.8 Å². The molecule has 0 saturated carbocycles. The highest BCUT2D eigenvalue weighted by Crippen LogP contribution is 2.19. The second-order valence-electron chi connectivity index (χ2n) is 3.24. The smallest absolute Gasteiger partial charge is 0.154 e. The Hall–Kier alpha value is -1.09. The Labute approximate surface area is 81.4 Å². The monoisotopic (exact) mass is 195 g/mol. The molecule has 2 aromatic rings. The number of hydrogen-bond acceptors (Lipinski definition) is 2. The first-order valence-electron chi connectivity index (χ1n) is 4.17. The summed E-state index contributed by atoms with van der Waals surface area (Å²) in [5, 5.41) is 0.502. The lowest BCUT2D eigenvalue weighted by Gasteiger charge is -2.03. The molecule has 3 nitrogen and oxygen atoms in total. The third-order valence-corrected chi connectivity index (χ3v) is 2.25. The Morgan fingerprint density at radius 2 is 2.15 bits per heavy atom. The molecule has 2 aromatic heterocycles. The zero-order valence-electron chi connectivity index (χ0n) is 7.53. The lowest BCUT2D eigenvalue weighted by Crippen LogP contribution is -1.96. The molecule has 2 rings (SSSR count). The molecule has 0 saturated heterocycles. The highest BCUT2D eigenvalue weighted by molar-refractivity contribution is 6.32. The minimum Gasteiger partial charge on any atom is -0.299 e. The predicted octanol–water partition coefficient (Wildman–Crippen LogP) is 2.51. The molecule has 13 heavy (non-hydrogen) atoms. The average Bonchev–Trinajstić information content (AvgIpc) is 2.48. The third kappa shape index (κ3) is 1.29. The van der Waals surface area contributed by atoms with Gasteiger partial charge in [-0.1, -0.05) is 25.4 Å². The van der Waals surface area contributed by atoms with E-state index in [1.54, 1.807) is 12.4 Å². The van der Waals surface area contributed by atoms with Gasteiger partial charge in [-0.2, -0.15) is 0 Å². The lowest BCUT2D eigenvalue weighted by atomic mass is 10.2. The predicted molar refractivity (Wildman–Crippen MR) is 52.1 cm³/mol. The number of imidazole rings is 1. The van der Waals surface area contributed by atoms with E-state index in [-0.39, 0.29) is 0 Å². The van der Waals surface area contributed by atoms with Gasteiger partial charge in [-0.15, -0.1) is 0 Å². The summed E-state index contributed by atoms with van der Waals surface area (Å²) in [5.41, 5.74) is 0.868. The highest BCUT2D eigenvalue weighted by atomic mass is 35.5. The first-order valence-corrected chi connectivity index (χ1v) is 4.55. The van der Waals surface area contributed by atoms with Crippen molar-refractivity contribution in [1.29, 1.82) is 0 Å². The largest absolute Gasteiger partial charge is 0.299 e. The van der Waals surface area contributed by atoms with Crippen LogP contribution in [0.1, 0.15) is 25.6 Å². The van der Waals surface area contributed by atoms with Crippen LogP contribution in [0.25, 0.3) is 5.52 Å². The lowest BCUT2D eigenvalue weighted by molar-refractivity contribution is 0.769. The van der Waals surface area contributed by atoms with E-state index in [9.17, 15) is 0 Å². The van der Waals surface area contributed by atoms with Crippen LogP contribution < -0.4 is 0 Å². The van der Waals surface area contributed by atoms with Crippen molar-refractivity contribution in [1.82, 2.24) is 14.4 Å². The summed E-state index contributed by atoms with van der Waals surface area (Å²) < 4.78 is 1.97. The topological polar surface area (TPSA) is 30.2 Å². The molecule has 0 bridgehead atoms. The fourth-order valence-corrected chi connectivity index (χ4v) is 1.54. The summed E-state index contributed by atoms with van der Waals surface area (Å²) in [6.07, 6.45) is 5.32. The number of aromatic nitrogens is 3. The van der Waals surface area contributed by atoms with Crippen molar-refractivity contribution in [2.24, 2.45) is 0 Å². The summed E-state index contributed by atoms with van der Waals surface area (Å²) in [6, 6.07) is 0. The Balaban J connectivity index is 2.75. The van der Waals surface area contributed by atoms with Crippen molar-refractivity contribution >= 4 is 17.1 Å². The summed E-state index contributed by atoms with van der Waals surface area (Å²) in [4.78, 5) is 8.28. The van der Waals surface area contributed by atoms with Gasteiger partial charge in [-0.05, 0) is 0 Å². The van der Waals surface area contributed by atoms with Crippen molar-refractivity contribution in [3.05, 3.63) is 29.6 Å². The SMILES string of the molecule is CC(C)c1ncc2c(Cl)nccn12. The maximum Gasteiger partial charge on any atom is 0.154 e. The molecule has 0 radical (unpaired) electrons. The van der Waals surface area contributed by atoms with Crippen LogP contribution in [0.2, 0.25) is 5.15 Å². The minimum atomic E-state index is 0.390. The van der Waals surface area contributed by atoms with Gasteiger partial charge >= 0.3 is 0 Å². The maximum absolute atomic E-state index is 5.90. The van der Waals surface area contributed by atoms with Gasteiger partial charge in [0.05, 0.1) is 6.20 Å². The molecule has 0 aromatic carbocycles. The van der Waals surface area contributed by atoms with Crippen LogP contribution in [0, 0.1) is 0 Å². The second kappa shape index (κ2) is 3.00. The summed E-state index contributed by atoms with van der Waals surface area (Å²) in [6.45, 7) is 4.20. The molecule has 68 valence electrons. The third-order valence-electron chi connectivity index (χ3n) is 1.96. The molecule has 0 amide bonds. The molecule has 0 aliphatic carbocycles. The van der Waals surface area contributed by atoms with E-state index in [0.717, 1.165) is 11.3 Å². The number of hydrogen-bond donors (Lipinski definition) is 0. The quantitative estimate of drug-likeness (QED) is 0.700. The van der Waals surface area contributed by atoms with E-state index >= 15 is 0 Å². The van der Waals surface area contributed by atoms with Gasteiger partial charge in [0.25, 0.3) is 0 Å². The Morgan fingerprint density at radius 3 is 2.85 bits per heavy atom. The first-order chi connectivity index (χ1) is 6.20. The number of fused-ring (bicyclic) bond motifs is 1. The van der Waals surface area contributed by atoms with Crippen molar-refractivity contribution in [3.8, 4) is 0 Å². The van der Waals surface area contributed by atoms with Gasteiger partial charge in [0.1, 0.15) is 11.3 Å². The molecule has 0 aliphatic heterocycles. The molecule has 0 aliphatic rings. The van der Waals surface area contributed by atoms with Crippen molar-refractivity contribution in [2.45, 2.75) is 19.8 Å². The molecule has 0 fully saturated rings. The Kier molecular flexibility index (Phi) is 1.96. The Morgan fingerprint density at radius 1 is 1.38 bits per heavy atom. The summed E-state index contributed by atoms with van der Waals surface area (Å²) >= 11 is 5.90. The van der Waals surface area contributed by atoms with Crippen molar-refractivity contribution < 1.29 is 0 Å². The number of nitrogens with zero attached hydrogens (tertiary/aromatic N) is 3. The molecule has 4 heteroatoms. The zero-order chi connectivity index (χ0) is 9.42. The first kappa shape index (κ1) is 8.51. The van der Waals surface area contributed by atoms with Crippen LogP contribution in [0.3, 0.4) is 0 Å². The number of halogens is 1. The van der Waals surface area contributed by atoms with Gasteiger partial charge < -0.3 is 0 Å². The zero-order valence-corrected chi connectivity index (χ0v) is 8.28. The summed E-state index contributed by atoms with van der Waals surface area (Å²) in [7, 11) is 0. The standard InChI is InChI=1S/C9H10ClN3/c1-6(2)9-12-5-7-8(10)11-3-4-13(7)9/h3-6H,1-2H3. The minimum absolute atomic E-state index is 0.390. The van der Waals surface area contributed by atoms with Crippen LogP contribution in [0.15, 0.2) is 18.6 Å². The second-order valence-corrected chi connectivity index (χ2v) is 3.60. The maximum atomic E-state index is 5.90. The van der Waals surface area contributed by atoms with Crippen LogP contribution in [0.4, 0.5) is 0 Å². The van der Waals surface area contributed by atoms with Gasteiger partial charge in [0, 0.05) is 18.3 Å². The van der Waals surface area contributed by atoms with Gasteiger partial charge in [-0.3, -0.25) is 4.40 Å². The van der Waals surface area contributed by atoms with Gasteiger partial charge in [-0.25, -0.2) is 9.97 Å². The Bertz CT molecular complexity index is 433. The highest BCUT2D eigenvalue weighted by Gasteiger charge is 2.08. The molecule has 2 heterocycles. The molecule has 0 spiro atoms. The van der Waals surface area contributed by atoms with Gasteiger partial charge in [0.15, 0.2) is 5.15 Å². The molecular weight excluding hydrogens is 186 g/mol. The van der Waals surface area contributed by atoms with E-state index in [1.165, 1.54) is 0 Å². The van der Waals surface area contributed by atoms with Crippen molar-refractivity contribution in [2.75, 3.05) is 0 Å². The molecule has 0 N–H and O–H groups in total. The van der Waals surface area contributed by atoms with E-state index in [4.69, 9.17) is 11.6 Å². The molecule has 0 unspecified atom stereocenters. The van der Waals surface area contributed by atoms with E-state index in [1.807, 2.05) is 10.6 Å². The van der Waals surface area contributed by atoms with E-state index in [0.29, 0.717) is 11.1 Å². The van der Waals surface area contributed by atoms with Crippen molar-refractivity contribution in [3.63, 3.8) is 0 Å².